The first-order chi connectivity index (χ1) is 7.80. The second-order valence-electron chi connectivity index (χ2n) is 6.45. The van der Waals surface area contributed by atoms with Crippen LogP contribution in [0.1, 0.15) is 44.2 Å². The standard InChI is InChI=1S/C15H22FN/c1-11-4-5-13(16)8-12(11)9-15(17)7-6-14(2,3)10-15/h4-5,8H,6-7,9-10,17H2,1-3H3. The van der Waals surface area contributed by atoms with E-state index in [0.717, 1.165) is 36.8 Å². The molecule has 0 aromatic heterocycles. The molecular formula is C15H22FN. The number of aryl methyl sites for hydroxylation is 1. The van der Waals surface area contributed by atoms with Gasteiger partial charge in [-0.2, -0.15) is 0 Å². The third-order valence-electron chi connectivity index (χ3n) is 3.98. The second kappa shape index (κ2) is 4.09. The fraction of sp³-hybridized carbons (Fsp3) is 0.600. The minimum Gasteiger partial charge on any atom is -0.325 e. The molecule has 0 spiro atoms. The Morgan fingerprint density at radius 1 is 1.29 bits per heavy atom. The SMILES string of the molecule is Cc1ccc(F)cc1CC1(N)CCC(C)(C)C1. The van der Waals surface area contributed by atoms with E-state index in [9.17, 15) is 4.39 Å². The Hall–Kier alpha value is -0.890. The molecular weight excluding hydrogens is 213 g/mol. The van der Waals surface area contributed by atoms with Crippen molar-refractivity contribution in [3.8, 4) is 0 Å². The van der Waals surface area contributed by atoms with E-state index < -0.39 is 0 Å². The average Bonchev–Trinajstić information content (AvgIpc) is 2.47. The van der Waals surface area contributed by atoms with Gasteiger partial charge in [0, 0.05) is 5.54 Å². The molecule has 1 aromatic rings. The maximum Gasteiger partial charge on any atom is 0.123 e. The van der Waals surface area contributed by atoms with Gasteiger partial charge in [0.25, 0.3) is 0 Å². The second-order valence-corrected chi connectivity index (χ2v) is 6.45. The van der Waals surface area contributed by atoms with Crippen LogP contribution >= 0.6 is 0 Å². The maximum absolute atomic E-state index is 13.3. The van der Waals surface area contributed by atoms with Gasteiger partial charge in [-0.3, -0.25) is 0 Å². The molecule has 1 aromatic carbocycles. The summed E-state index contributed by atoms with van der Waals surface area (Å²) in [6.07, 6.45) is 4.02. The zero-order valence-corrected chi connectivity index (χ0v) is 11.0. The molecule has 1 fully saturated rings. The fourth-order valence-electron chi connectivity index (χ4n) is 3.08. The average molecular weight is 235 g/mol. The molecule has 1 aliphatic carbocycles. The Balaban J connectivity index is 2.18. The molecule has 2 heteroatoms. The highest BCUT2D eigenvalue weighted by molar-refractivity contribution is 5.29. The van der Waals surface area contributed by atoms with E-state index in [1.807, 2.05) is 13.0 Å². The first kappa shape index (κ1) is 12.6. The number of rotatable bonds is 2. The highest BCUT2D eigenvalue weighted by Crippen LogP contribution is 2.43. The van der Waals surface area contributed by atoms with Crippen LogP contribution in [0, 0.1) is 18.2 Å². The third kappa shape index (κ3) is 2.86. The first-order valence-corrected chi connectivity index (χ1v) is 6.34. The molecule has 0 aliphatic heterocycles. The normalized spacial score (nSPS) is 27.4. The number of halogens is 1. The molecule has 1 unspecified atom stereocenters. The Labute approximate surface area is 103 Å². The summed E-state index contributed by atoms with van der Waals surface area (Å²) in [5.41, 5.74) is 8.84. The van der Waals surface area contributed by atoms with E-state index in [2.05, 4.69) is 13.8 Å². The molecule has 1 atom stereocenters. The van der Waals surface area contributed by atoms with Crippen molar-refractivity contribution in [2.24, 2.45) is 11.1 Å². The Morgan fingerprint density at radius 3 is 2.59 bits per heavy atom. The summed E-state index contributed by atoms with van der Waals surface area (Å²) in [5, 5.41) is 0. The molecule has 1 nitrogen and oxygen atoms in total. The van der Waals surface area contributed by atoms with Gasteiger partial charge >= 0.3 is 0 Å². The molecule has 2 rings (SSSR count). The van der Waals surface area contributed by atoms with Gasteiger partial charge in [-0.1, -0.05) is 19.9 Å². The zero-order valence-electron chi connectivity index (χ0n) is 11.0. The Morgan fingerprint density at radius 2 is 2.00 bits per heavy atom. The van der Waals surface area contributed by atoms with Crippen LogP contribution < -0.4 is 5.73 Å². The topological polar surface area (TPSA) is 26.0 Å². The number of benzene rings is 1. The number of hydrogen-bond acceptors (Lipinski definition) is 1. The lowest BCUT2D eigenvalue weighted by Gasteiger charge is -2.27. The summed E-state index contributed by atoms with van der Waals surface area (Å²) in [6, 6.07) is 4.99. The van der Waals surface area contributed by atoms with Crippen molar-refractivity contribution in [3.63, 3.8) is 0 Å². The summed E-state index contributed by atoms with van der Waals surface area (Å²) in [4.78, 5) is 0. The largest absolute Gasteiger partial charge is 0.325 e. The molecule has 17 heavy (non-hydrogen) atoms. The predicted molar refractivity (Wildman–Crippen MR) is 69.4 cm³/mol. The van der Waals surface area contributed by atoms with Gasteiger partial charge in [0.2, 0.25) is 0 Å². The lowest BCUT2D eigenvalue weighted by molar-refractivity contribution is 0.334. The highest BCUT2D eigenvalue weighted by Gasteiger charge is 2.40. The van der Waals surface area contributed by atoms with Gasteiger partial charge in [-0.15, -0.1) is 0 Å². The Kier molecular flexibility index (Phi) is 3.03. The van der Waals surface area contributed by atoms with Gasteiger partial charge in [0.05, 0.1) is 0 Å². The lowest BCUT2D eigenvalue weighted by atomic mass is 9.84. The molecule has 1 saturated carbocycles. The van der Waals surface area contributed by atoms with E-state index in [0.29, 0.717) is 5.41 Å². The molecule has 0 amide bonds. The maximum atomic E-state index is 13.3. The fourth-order valence-corrected chi connectivity index (χ4v) is 3.08. The lowest BCUT2D eigenvalue weighted by Crippen LogP contribution is -2.40. The van der Waals surface area contributed by atoms with Crippen LogP contribution in [0.15, 0.2) is 18.2 Å². The Bertz CT molecular complexity index is 425. The van der Waals surface area contributed by atoms with Gasteiger partial charge < -0.3 is 5.73 Å². The molecule has 2 N–H and O–H groups in total. The van der Waals surface area contributed by atoms with Crippen molar-refractivity contribution in [1.82, 2.24) is 0 Å². The summed E-state index contributed by atoms with van der Waals surface area (Å²) < 4.78 is 13.3. The van der Waals surface area contributed by atoms with E-state index in [-0.39, 0.29) is 11.4 Å². The van der Waals surface area contributed by atoms with Gasteiger partial charge in [-0.25, -0.2) is 4.39 Å². The third-order valence-corrected chi connectivity index (χ3v) is 3.98. The van der Waals surface area contributed by atoms with Gasteiger partial charge in [0.1, 0.15) is 5.82 Å². The monoisotopic (exact) mass is 235 g/mol. The number of nitrogens with two attached hydrogens (primary N) is 1. The number of hydrogen-bond donors (Lipinski definition) is 1. The minimum atomic E-state index is -0.161. The van der Waals surface area contributed by atoms with Crippen LogP contribution in [0.25, 0.3) is 0 Å². The predicted octanol–water partition coefficient (Wildman–Crippen LogP) is 3.58. The summed E-state index contributed by atoms with van der Waals surface area (Å²) in [7, 11) is 0. The van der Waals surface area contributed by atoms with Crippen molar-refractivity contribution in [3.05, 3.63) is 35.1 Å². The van der Waals surface area contributed by atoms with E-state index >= 15 is 0 Å². The molecule has 0 bridgehead atoms. The van der Waals surface area contributed by atoms with Crippen molar-refractivity contribution < 1.29 is 4.39 Å². The summed E-state index contributed by atoms with van der Waals surface area (Å²) in [6.45, 7) is 6.55. The molecule has 0 radical (unpaired) electrons. The van der Waals surface area contributed by atoms with Crippen molar-refractivity contribution in [2.45, 2.75) is 52.0 Å². The summed E-state index contributed by atoms with van der Waals surface area (Å²) >= 11 is 0. The van der Waals surface area contributed by atoms with Crippen LogP contribution in [0.2, 0.25) is 0 Å². The zero-order chi connectivity index (χ0) is 12.7. The summed E-state index contributed by atoms with van der Waals surface area (Å²) in [5.74, 6) is -0.161. The quantitative estimate of drug-likeness (QED) is 0.833. The van der Waals surface area contributed by atoms with Crippen LogP contribution in [0.4, 0.5) is 4.39 Å². The van der Waals surface area contributed by atoms with Crippen molar-refractivity contribution >= 4 is 0 Å². The van der Waals surface area contributed by atoms with Crippen molar-refractivity contribution in [1.29, 1.82) is 0 Å². The van der Waals surface area contributed by atoms with Gasteiger partial charge in [0.15, 0.2) is 0 Å². The van der Waals surface area contributed by atoms with Crippen LogP contribution in [-0.2, 0) is 6.42 Å². The van der Waals surface area contributed by atoms with Crippen molar-refractivity contribution in [2.75, 3.05) is 0 Å². The van der Waals surface area contributed by atoms with E-state index in [1.165, 1.54) is 6.07 Å². The van der Waals surface area contributed by atoms with E-state index in [4.69, 9.17) is 5.73 Å². The van der Waals surface area contributed by atoms with E-state index in [1.54, 1.807) is 6.07 Å². The minimum absolute atomic E-state index is 0.151. The van der Waals surface area contributed by atoms with Crippen LogP contribution in [0.3, 0.4) is 0 Å². The molecule has 94 valence electrons. The van der Waals surface area contributed by atoms with Crippen LogP contribution in [0.5, 0.6) is 0 Å². The molecule has 0 heterocycles. The molecule has 1 aliphatic rings. The van der Waals surface area contributed by atoms with Crippen LogP contribution in [-0.4, -0.2) is 5.54 Å². The van der Waals surface area contributed by atoms with Gasteiger partial charge in [-0.05, 0) is 61.3 Å². The molecule has 0 saturated heterocycles. The smallest absolute Gasteiger partial charge is 0.123 e. The highest BCUT2D eigenvalue weighted by atomic mass is 19.1. The first-order valence-electron chi connectivity index (χ1n) is 6.34.